The Labute approximate surface area is 152 Å². The Bertz CT molecular complexity index is 675. The molecule has 1 amide bonds. The van der Waals surface area contributed by atoms with Crippen molar-refractivity contribution >= 4 is 17.2 Å². The van der Waals surface area contributed by atoms with Crippen molar-refractivity contribution in [3.05, 3.63) is 34.3 Å². The van der Waals surface area contributed by atoms with Crippen molar-refractivity contribution in [2.75, 3.05) is 20.6 Å². The van der Waals surface area contributed by atoms with Crippen molar-refractivity contribution in [2.24, 2.45) is 5.73 Å². The minimum Gasteiger partial charge on any atom is -0.349 e. The van der Waals surface area contributed by atoms with Crippen LogP contribution in [0.3, 0.4) is 0 Å². The molecule has 8 heteroatoms. The topological polar surface area (TPSA) is 89.1 Å². The van der Waals surface area contributed by atoms with Crippen LogP contribution in [0, 0.1) is 0 Å². The number of thiophene rings is 1. The summed E-state index contributed by atoms with van der Waals surface area (Å²) >= 11 is 1.69. The summed E-state index contributed by atoms with van der Waals surface area (Å²) in [5.41, 5.74) is 6.32. The highest BCUT2D eigenvalue weighted by atomic mass is 32.1. The van der Waals surface area contributed by atoms with Crippen molar-refractivity contribution in [3.63, 3.8) is 0 Å². The molecular formula is C17H26N6OS. The molecule has 1 aliphatic carbocycles. The SMILES string of the molecule is CN(C)[C@@H](CNC(=O)c1cn(C2CCC(N)CC2)nn1)c1cccs1. The van der Waals surface area contributed by atoms with Crippen molar-refractivity contribution in [2.45, 2.75) is 43.8 Å². The lowest BCUT2D eigenvalue weighted by atomic mass is 9.92. The minimum atomic E-state index is -0.179. The predicted molar refractivity (Wildman–Crippen MR) is 98.6 cm³/mol. The first kappa shape index (κ1) is 18.0. The molecule has 0 spiro atoms. The molecule has 3 N–H and O–H groups in total. The molecule has 0 aromatic carbocycles. The number of nitrogens with one attached hydrogen (secondary N) is 1. The molecule has 3 rings (SSSR count). The first-order valence-corrected chi connectivity index (χ1v) is 9.58. The van der Waals surface area contributed by atoms with E-state index in [0.717, 1.165) is 25.7 Å². The molecule has 1 atom stereocenters. The first-order chi connectivity index (χ1) is 12.0. The van der Waals surface area contributed by atoms with Crippen LogP contribution in [0.2, 0.25) is 0 Å². The van der Waals surface area contributed by atoms with E-state index >= 15 is 0 Å². The van der Waals surface area contributed by atoms with E-state index in [1.807, 2.05) is 24.8 Å². The van der Waals surface area contributed by atoms with Gasteiger partial charge in [-0.3, -0.25) is 4.79 Å². The molecule has 25 heavy (non-hydrogen) atoms. The number of carbonyl (C=O) groups is 1. The maximum atomic E-state index is 12.4. The fourth-order valence-electron chi connectivity index (χ4n) is 3.22. The Morgan fingerprint density at radius 3 is 2.84 bits per heavy atom. The molecule has 0 saturated heterocycles. The molecule has 0 bridgehead atoms. The average Bonchev–Trinajstić information content (AvgIpc) is 3.27. The third-order valence-electron chi connectivity index (χ3n) is 4.81. The zero-order valence-electron chi connectivity index (χ0n) is 14.8. The summed E-state index contributed by atoms with van der Waals surface area (Å²) in [5.74, 6) is -0.179. The average molecular weight is 363 g/mol. The van der Waals surface area contributed by atoms with Crippen LogP contribution in [-0.4, -0.2) is 52.5 Å². The van der Waals surface area contributed by atoms with E-state index in [0.29, 0.717) is 24.3 Å². The molecule has 1 fully saturated rings. The summed E-state index contributed by atoms with van der Waals surface area (Å²) in [5, 5.41) is 13.2. The van der Waals surface area contributed by atoms with Crippen molar-refractivity contribution < 1.29 is 4.79 Å². The Morgan fingerprint density at radius 1 is 1.44 bits per heavy atom. The van der Waals surface area contributed by atoms with Crippen LogP contribution in [0.15, 0.2) is 23.7 Å². The summed E-state index contributed by atoms with van der Waals surface area (Å²) in [4.78, 5) is 15.8. The molecule has 2 heterocycles. The summed E-state index contributed by atoms with van der Waals surface area (Å²) < 4.78 is 1.82. The maximum Gasteiger partial charge on any atom is 0.273 e. The number of rotatable bonds is 6. The number of hydrogen-bond acceptors (Lipinski definition) is 6. The van der Waals surface area contributed by atoms with E-state index in [1.165, 1.54) is 4.88 Å². The second kappa shape index (κ2) is 8.07. The maximum absolute atomic E-state index is 12.4. The van der Waals surface area contributed by atoms with Gasteiger partial charge in [-0.1, -0.05) is 11.3 Å². The number of nitrogens with zero attached hydrogens (tertiary/aromatic N) is 4. The van der Waals surface area contributed by atoms with Gasteiger partial charge in [-0.05, 0) is 51.2 Å². The van der Waals surface area contributed by atoms with E-state index in [9.17, 15) is 4.79 Å². The summed E-state index contributed by atoms with van der Waals surface area (Å²) in [7, 11) is 4.03. The molecule has 7 nitrogen and oxygen atoms in total. The second-order valence-electron chi connectivity index (χ2n) is 6.86. The van der Waals surface area contributed by atoms with E-state index in [4.69, 9.17) is 5.73 Å². The third-order valence-corrected chi connectivity index (χ3v) is 5.78. The highest BCUT2D eigenvalue weighted by Crippen LogP contribution is 2.27. The fourth-order valence-corrected chi connectivity index (χ4v) is 4.15. The van der Waals surface area contributed by atoms with Gasteiger partial charge < -0.3 is 16.0 Å². The van der Waals surface area contributed by atoms with Crippen molar-refractivity contribution in [1.82, 2.24) is 25.2 Å². The van der Waals surface area contributed by atoms with Gasteiger partial charge in [0.2, 0.25) is 0 Å². The van der Waals surface area contributed by atoms with E-state index in [-0.39, 0.29) is 11.9 Å². The van der Waals surface area contributed by atoms with E-state index in [2.05, 4.69) is 32.0 Å². The summed E-state index contributed by atoms with van der Waals surface area (Å²) in [6.45, 7) is 0.539. The molecule has 136 valence electrons. The molecule has 2 aromatic heterocycles. The largest absolute Gasteiger partial charge is 0.349 e. The Hall–Kier alpha value is -1.77. The summed E-state index contributed by atoms with van der Waals surface area (Å²) in [6, 6.07) is 4.86. The van der Waals surface area contributed by atoms with Gasteiger partial charge in [0.15, 0.2) is 5.69 Å². The van der Waals surface area contributed by atoms with Gasteiger partial charge in [0, 0.05) is 17.5 Å². The molecule has 0 aliphatic heterocycles. The van der Waals surface area contributed by atoms with Gasteiger partial charge in [0.05, 0.1) is 18.3 Å². The quantitative estimate of drug-likeness (QED) is 0.818. The zero-order chi connectivity index (χ0) is 17.8. The van der Waals surface area contributed by atoms with Gasteiger partial charge >= 0.3 is 0 Å². The minimum absolute atomic E-state index is 0.152. The second-order valence-corrected chi connectivity index (χ2v) is 7.84. The summed E-state index contributed by atoms with van der Waals surface area (Å²) in [6.07, 6.45) is 5.74. The van der Waals surface area contributed by atoms with Gasteiger partial charge in [-0.25, -0.2) is 4.68 Å². The Balaban J connectivity index is 1.58. The molecule has 0 radical (unpaired) electrons. The standard InChI is InChI=1S/C17H26N6OS/c1-22(2)15(16-4-3-9-25-16)10-19-17(24)14-11-23(21-20-14)13-7-5-12(18)6-8-13/h3-4,9,11-13,15H,5-8,10,18H2,1-2H3,(H,19,24)/t12?,13?,15-/m0/s1. The number of hydrogen-bond donors (Lipinski definition) is 2. The van der Waals surface area contributed by atoms with Crippen LogP contribution in [0.4, 0.5) is 0 Å². The van der Waals surface area contributed by atoms with Gasteiger partial charge in [0.1, 0.15) is 0 Å². The normalized spacial score (nSPS) is 22.1. The van der Waals surface area contributed by atoms with Crippen LogP contribution in [-0.2, 0) is 0 Å². The number of carbonyl (C=O) groups excluding carboxylic acids is 1. The highest BCUT2D eigenvalue weighted by Gasteiger charge is 2.23. The lowest BCUT2D eigenvalue weighted by molar-refractivity contribution is 0.0937. The zero-order valence-corrected chi connectivity index (χ0v) is 15.6. The van der Waals surface area contributed by atoms with E-state index in [1.54, 1.807) is 17.5 Å². The molecular weight excluding hydrogens is 336 g/mol. The van der Waals surface area contributed by atoms with Crippen LogP contribution in [0.25, 0.3) is 0 Å². The van der Waals surface area contributed by atoms with Crippen molar-refractivity contribution in [3.8, 4) is 0 Å². The highest BCUT2D eigenvalue weighted by molar-refractivity contribution is 7.10. The monoisotopic (exact) mass is 362 g/mol. The number of aromatic nitrogens is 3. The van der Waals surface area contributed by atoms with Gasteiger partial charge in [-0.2, -0.15) is 0 Å². The first-order valence-electron chi connectivity index (χ1n) is 8.70. The van der Waals surface area contributed by atoms with Crippen LogP contribution < -0.4 is 11.1 Å². The third kappa shape index (κ3) is 4.45. The Morgan fingerprint density at radius 2 is 2.20 bits per heavy atom. The number of nitrogens with two attached hydrogens (primary N) is 1. The van der Waals surface area contributed by atoms with Gasteiger partial charge in [-0.15, -0.1) is 16.4 Å². The Kier molecular flexibility index (Phi) is 5.82. The molecule has 0 unspecified atom stereocenters. The van der Waals surface area contributed by atoms with Gasteiger partial charge in [0.25, 0.3) is 5.91 Å². The number of amides is 1. The van der Waals surface area contributed by atoms with Crippen LogP contribution >= 0.6 is 11.3 Å². The van der Waals surface area contributed by atoms with Crippen molar-refractivity contribution in [1.29, 1.82) is 0 Å². The fraction of sp³-hybridized carbons (Fsp3) is 0.588. The molecule has 1 aliphatic rings. The lowest BCUT2D eigenvalue weighted by Crippen LogP contribution is -2.34. The number of likely N-dealkylation sites (N-methyl/N-ethyl adjacent to an activating group) is 1. The smallest absolute Gasteiger partial charge is 0.273 e. The molecule has 1 saturated carbocycles. The van der Waals surface area contributed by atoms with E-state index < -0.39 is 0 Å². The van der Waals surface area contributed by atoms with Crippen LogP contribution in [0.5, 0.6) is 0 Å². The predicted octanol–water partition coefficient (Wildman–Crippen LogP) is 1.81. The van der Waals surface area contributed by atoms with Crippen LogP contribution in [0.1, 0.15) is 53.1 Å². The molecule has 2 aromatic rings. The lowest BCUT2D eigenvalue weighted by Gasteiger charge is -2.25.